The summed E-state index contributed by atoms with van der Waals surface area (Å²) in [6.45, 7) is 1.89. The van der Waals surface area contributed by atoms with Gasteiger partial charge in [-0.2, -0.15) is 0 Å². The highest BCUT2D eigenvalue weighted by Gasteiger charge is 2.37. The third kappa shape index (κ3) is 3.77. The van der Waals surface area contributed by atoms with Gasteiger partial charge in [-0.3, -0.25) is 14.9 Å². The Balaban J connectivity index is 2.08. The van der Waals surface area contributed by atoms with E-state index in [-0.39, 0.29) is 5.57 Å². The fourth-order valence-electron chi connectivity index (χ4n) is 2.91. The van der Waals surface area contributed by atoms with Crippen LogP contribution in [0.2, 0.25) is 0 Å². The van der Waals surface area contributed by atoms with Gasteiger partial charge in [0.2, 0.25) is 0 Å². The van der Waals surface area contributed by atoms with Crippen LogP contribution in [0, 0.1) is 6.92 Å². The number of anilines is 1. The summed E-state index contributed by atoms with van der Waals surface area (Å²) in [6.07, 6.45) is 1.35. The fourth-order valence-corrected chi connectivity index (χ4v) is 2.91. The van der Waals surface area contributed by atoms with E-state index in [4.69, 9.17) is 14.2 Å². The van der Waals surface area contributed by atoms with Crippen LogP contribution >= 0.6 is 0 Å². The number of rotatable bonds is 5. The Morgan fingerprint density at radius 3 is 2.03 bits per heavy atom. The molecule has 1 fully saturated rings. The Hall–Kier alpha value is -3.81. The van der Waals surface area contributed by atoms with Crippen LogP contribution in [0.1, 0.15) is 11.1 Å². The number of amides is 4. The van der Waals surface area contributed by atoms with Crippen molar-refractivity contribution in [3.8, 4) is 17.2 Å². The molecule has 3 rings (SSSR count). The summed E-state index contributed by atoms with van der Waals surface area (Å²) in [7, 11) is 4.41. The first-order valence-corrected chi connectivity index (χ1v) is 8.67. The SMILES string of the molecule is COc1cc(OC)c(OC)cc1C=C1C(=O)NC(=O)N(c2ccc(C)cc2)C1=O. The van der Waals surface area contributed by atoms with Gasteiger partial charge in [0.15, 0.2) is 11.5 Å². The van der Waals surface area contributed by atoms with Gasteiger partial charge < -0.3 is 14.2 Å². The van der Waals surface area contributed by atoms with E-state index in [9.17, 15) is 14.4 Å². The van der Waals surface area contributed by atoms with Crippen LogP contribution in [0.15, 0.2) is 42.0 Å². The van der Waals surface area contributed by atoms with Crippen LogP contribution in [-0.4, -0.2) is 39.2 Å². The van der Waals surface area contributed by atoms with Crippen LogP contribution in [0.5, 0.6) is 17.2 Å². The Morgan fingerprint density at radius 2 is 1.45 bits per heavy atom. The van der Waals surface area contributed by atoms with Gasteiger partial charge in [0.1, 0.15) is 11.3 Å². The van der Waals surface area contributed by atoms with Crippen molar-refractivity contribution in [2.45, 2.75) is 6.92 Å². The minimum Gasteiger partial charge on any atom is -0.496 e. The number of urea groups is 1. The number of hydrogen-bond acceptors (Lipinski definition) is 6. The maximum absolute atomic E-state index is 13.0. The predicted octanol–water partition coefficient (Wildman–Crippen LogP) is 2.69. The molecule has 1 aliphatic rings. The van der Waals surface area contributed by atoms with Gasteiger partial charge in [0.25, 0.3) is 11.8 Å². The first kappa shape index (κ1) is 19.9. The fraction of sp³-hybridized carbons (Fsp3) is 0.190. The van der Waals surface area contributed by atoms with Crippen molar-refractivity contribution >= 4 is 29.6 Å². The molecular weight excluding hydrogens is 376 g/mol. The molecule has 0 atom stereocenters. The van der Waals surface area contributed by atoms with E-state index in [1.807, 2.05) is 6.92 Å². The van der Waals surface area contributed by atoms with Crippen molar-refractivity contribution in [1.29, 1.82) is 0 Å². The van der Waals surface area contributed by atoms with Gasteiger partial charge in [-0.1, -0.05) is 17.7 Å². The number of carbonyl (C=O) groups is 3. The molecule has 8 heteroatoms. The first-order valence-electron chi connectivity index (χ1n) is 8.67. The van der Waals surface area contributed by atoms with E-state index in [0.29, 0.717) is 28.5 Å². The second-order valence-electron chi connectivity index (χ2n) is 6.24. The molecule has 2 aromatic carbocycles. The smallest absolute Gasteiger partial charge is 0.335 e. The number of ether oxygens (including phenoxy) is 3. The Morgan fingerprint density at radius 1 is 0.862 bits per heavy atom. The first-order chi connectivity index (χ1) is 13.9. The second-order valence-corrected chi connectivity index (χ2v) is 6.24. The molecule has 1 aliphatic heterocycles. The van der Waals surface area contributed by atoms with Gasteiger partial charge in [-0.15, -0.1) is 0 Å². The zero-order valence-corrected chi connectivity index (χ0v) is 16.4. The molecule has 1 N–H and O–H groups in total. The Bertz CT molecular complexity index is 1010. The van der Waals surface area contributed by atoms with Crippen molar-refractivity contribution in [1.82, 2.24) is 5.32 Å². The lowest BCUT2D eigenvalue weighted by atomic mass is 10.0. The minimum atomic E-state index is -0.805. The molecule has 150 valence electrons. The monoisotopic (exact) mass is 396 g/mol. The summed E-state index contributed by atoms with van der Waals surface area (Å²) < 4.78 is 15.9. The summed E-state index contributed by atoms with van der Waals surface area (Å²) in [4.78, 5) is 38.6. The van der Waals surface area contributed by atoms with Crippen molar-refractivity contribution in [2.24, 2.45) is 0 Å². The molecule has 0 radical (unpaired) electrons. The number of barbiturate groups is 1. The standard InChI is InChI=1S/C21H20N2O6/c1-12-5-7-14(8-6-12)23-20(25)15(19(24)22-21(23)26)9-13-10-17(28-3)18(29-4)11-16(13)27-2/h5-11H,1-4H3,(H,22,24,26). The van der Waals surface area contributed by atoms with Crippen LogP contribution in [-0.2, 0) is 9.59 Å². The molecular formula is C21H20N2O6. The molecule has 0 spiro atoms. The van der Waals surface area contributed by atoms with Crippen LogP contribution in [0.3, 0.4) is 0 Å². The largest absolute Gasteiger partial charge is 0.496 e. The minimum absolute atomic E-state index is 0.212. The van der Waals surface area contributed by atoms with E-state index >= 15 is 0 Å². The lowest BCUT2D eigenvalue weighted by molar-refractivity contribution is -0.122. The molecule has 0 bridgehead atoms. The zero-order chi connectivity index (χ0) is 21.1. The molecule has 1 heterocycles. The van der Waals surface area contributed by atoms with Gasteiger partial charge >= 0.3 is 6.03 Å². The van der Waals surface area contributed by atoms with E-state index in [1.54, 1.807) is 36.4 Å². The zero-order valence-electron chi connectivity index (χ0n) is 16.4. The van der Waals surface area contributed by atoms with Gasteiger partial charge in [0.05, 0.1) is 27.0 Å². The Kier molecular flexibility index (Phi) is 5.54. The average Bonchev–Trinajstić information content (AvgIpc) is 2.71. The molecule has 0 aliphatic carbocycles. The van der Waals surface area contributed by atoms with Crippen LogP contribution < -0.4 is 24.4 Å². The number of methoxy groups -OCH3 is 3. The third-order valence-corrected chi connectivity index (χ3v) is 4.43. The lowest BCUT2D eigenvalue weighted by Crippen LogP contribution is -2.54. The summed E-state index contributed by atoms with van der Waals surface area (Å²) in [5, 5.41) is 2.19. The van der Waals surface area contributed by atoms with E-state index in [2.05, 4.69) is 5.32 Å². The average molecular weight is 396 g/mol. The molecule has 29 heavy (non-hydrogen) atoms. The third-order valence-electron chi connectivity index (χ3n) is 4.43. The predicted molar refractivity (Wildman–Crippen MR) is 106 cm³/mol. The van der Waals surface area contributed by atoms with Gasteiger partial charge in [-0.05, 0) is 31.2 Å². The van der Waals surface area contributed by atoms with Crippen molar-refractivity contribution < 1.29 is 28.6 Å². The van der Waals surface area contributed by atoms with Crippen molar-refractivity contribution in [3.05, 3.63) is 53.1 Å². The maximum Gasteiger partial charge on any atom is 0.335 e. The van der Waals surface area contributed by atoms with Gasteiger partial charge in [-0.25, -0.2) is 9.69 Å². The summed E-state index contributed by atoms with van der Waals surface area (Å²) in [5.41, 5.74) is 1.54. The molecule has 4 amide bonds. The number of imide groups is 2. The summed E-state index contributed by atoms with van der Waals surface area (Å²) in [6, 6.07) is 9.17. The van der Waals surface area contributed by atoms with Gasteiger partial charge in [0, 0.05) is 11.6 Å². The van der Waals surface area contributed by atoms with E-state index < -0.39 is 17.8 Å². The van der Waals surface area contributed by atoms with E-state index in [1.165, 1.54) is 27.4 Å². The molecule has 8 nitrogen and oxygen atoms in total. The number of nitrogens with zero attached hydrogens (tertiary/aromatic N) is 1. The highest BCUT2D eigenvalue weighted by Crippen LogP contribution is 2.36. The number of hydrogen-bond donors (Lipinski definition) is 1. The highest BCUT2D eigenvalue weighted by atomic mass is 16.5. The maximum atomic E-state index is 13.0. The molecule has 0 saturated carbocycles. The van der Waals surface area contributed by atoms with E-state index in [0.717, 1.165) is 10.5 Å². The highest BCUT2D eigenvalue weighted by molar-refractivity contribution is 6.39. The van der Waals surface area contributed by atoms with Crippen molar-refractivity contribution in [3.63, 3.8) is 0 Å². The number of carbonyl (C=O) groups excluding carboxylic acids is 3. The van der Waals surface area contributed by atoms with Crippen molar-refractivity contribution in [2.75, 3.05) is 26.2 Å². The normalized spacial score (nSPS) is 15.4. The molecule has 1 saturated heterocycles. The molecule has 2 aromatic rings. The number of aryl methyl sites for hydroxylation is 1. The summed E-state index contributed by atoms with van der Waals surface area (Å²) in [5.74, 6) is -0.327. The molecule has 0 unspecified atom stereocenters. The number of nitrogens with one attached hydrogen (secondary N) is 1. The van der Waals surface area contributed by atoms with Crippen LogP contribution in [0.4, 0.5) is 10.5 Å². The summed E-state index contributed by atoms with van der Waals surface area (Å²) >= 11 is 0. The number of benzene rings is 2. The lowest BCUT2D eigenvalue weighted by Gasteiger charge is -2.26. The quantitative estimate of drug-likeness (QED) is 0.617. The van der Waals surface area contributed by atoms with Crippen LogP contribution in [0.25, 0.3) is 6.08 Å². The molecule has 0 aromatic heterocycles. The topological polar surface area (TPSA) is 94.2 Å². The Labute approximate surface area is 167 Å². The second kappa shape index (κ2) is 8.05.